The van der Waals surface area contributed by atoms with Crippen LogP contribution in [0.1, 0.15) is 5.56 Å². The Morgan fingerprint density at radius 1 is 1.43 bits per heavy atom. The van der Waals surface area contributed by atoms with E-state index >= 15 is 0 Å². The predicted molar refractivity (Wildman–Crippen MR) is 88.7 cm³/mol. The third kappa shape index (κ3) is 5.84. The molecule has 0 aliphatic rings. The minimum absolute atomic E-state index is 0.0904. The maximum absolute atomic E-state index is 11.7. The standard InChI is InChI=1S/C13H19BrN2O4Si/c1-9-7-10(8-11(12(9)14)16(18)19)15-13(17)20-5-6-21(2,3)4/h7-8H,5-6H2,1-4H3,(H,15,17). The highest BCUT2D eigenvalue weighted by Crippen LogP contribution is 2.31. The second kappa shape index (κ2) is 7.03. The van der Waals surface area contributed by atoms with Gasteiger partial charge in [-0.3, -0.25) is 15.4 Å². The van der Waals surface area contributed by atoms with Gasteiger partial charge in [-0.05, 0) is 40.5 Å². The van der Waals surface area contributed by atoms with Crippen LogP contribution in [0.2, 0.25) is 25.7 Å². The van der Waals surface area contributed by atoms with Gasteiger partial charge in [0.25, 0.3) is 5.69 Å². The van der Waals surface area contributed by atoms with E-state index in [1.807, 2.05) is 0 Å². The maximum atomic E-state index is 11.7. The lowest BCUT2D eigenvalue weighted by Crippen LogP contribution is -2.24. The SMILES string of the molecule is Cc1cc(NC(=O)OCC[Si](C)(C)C)cc([N+](=O)[O-])c1Br. The molecule has 0 saturated carbocycles. The number of nitrogens with one attached hydrogen (secondary N) is 1. The number of nitro benzene ring substituents is 1. The molecule has 0 heterocycles. The number of hydrogen-bond donors (Lipinski definition) is 1. The highest BCUT2D eigenvalue weighted by atomic mass is 79.9. The fraction of sp³-hybridized carbons (Fsp3) is 0.462. The minimum atomic E-state index is -1.26. The number of amides is 1. The van der Waals surface area contributed by atoms with Crippen LogP contribution < -0.4 is 5.32 Å². The van der Waals surface area contributed by atoms with Crippen molar-refractivity contribution in [2.45, 2.75) is 32.6 Å². The number of halogens is 1. The van der Waals surface area contributed by atoms with Gasteiger partial charge in [-0.15, -0.1) is 0 Å². The third-order valence-corrected chi connectivity index (χ3v) is 5.50. The normalized spacial score (nSPS) is 11.1. The Morgan fingerprint density at radius 2 is 2.05 bits per heavy atom. The van der Waals surface area contributed by atoms with E-state index in [0.717, 1.165) is 6.04 Å². The average Bonchev–Trinajstić information content (AvgIpc) is 2.31. The summed E-state index contributed by atoms with van der Waals surface area (Å²) in [5.74, 6) is 0. The largest absolute Gasteiger partial charge is 0.450 e. The second-order valence-corrected chi connectivity index (χ2v) is 12.4. The number of ether oxygens (including phenoxy) is 1. The number of rotatable bonds is 5. The maximum Gasteiger partial charge on any atom is 0.411 e. The molecule has 1 aromatic rings. The zero-order valence-corrected chi connectivity index (χ0v) is 15.1. The van der Waals surface area contributed by atoms with E-state index in [2.05, 4.69) is 40.9 Å². The predicted octanol–water partition coefficient (Wildman–Crippen LogP) is 4.55. The first-order valence-corrected chi connectivity index (χ1v) is 11.0. The van der Waals surface area contributed by atoms with Crippen molar-refractivity contribution in [3.63, 3.8) is 0 Å². The van der Waals surface area contributed by atoms with Gasteiger partial charge in [0.1, 0.15) is 0 Å². The summed E-state index contributed by atoms with van der Waals surface area (Å²) >= 11 is 3.16. The lowest BCUT2D eigenvalue weighted by Gasteiger charge is -2.15. The topological polar surface area (TPSA) is 81.5 Å². The average molecular weight is 375 g/mol. The fourth-order valence-electron chi connectivity index (χ4n) is 1.56. The quantitative estimate of drug-likeness (QED) is 0.465. The molecule has 21 heavy (non-hydrogen) atoms. The molecule has 6 nitrogen and oxygen atoms in total. The molecule has 1 N–H and O–H groups in total. The molecule has 0 bridgehead atoms. The van der Waals surface area contributed by atoms with E-state index < -0.39 is 19.1 Å². The second-order valence-electron chi connectivity index (χ2n) is 5.95. The molecule has 0 aliphatic carbocycles. The molecule has 0 spiro atoms. The molecular weight excluding hydrogens is 356 g/mol. The van der Waals surface area contributed by atoms with Gasteiger partial charge in [0.05, 0.1) is 21.7 Å². The molecule has 116 valence electrons. The van der Waals surface area contributed by atoms with Crippen molar-refractivity contribution >= 4 is 41.5 Å². The van der Waals surface area contributed by atoms with Gasteiger partial charge >= 0.3 is 6.09 Å². The first-order valence-electron chi connectivity index (χ1n) is 6.48. The smallest absolute Gasteiger partial charge is 0.411 e. The molecule has 1 aromatic carbocycles. The van der Waals surface area contributed by atoms with Crippen molar-refractivity contribution in [1.29, 1.82) is 0 Å². The van der Waals surface area contributed by atoms with Gasteiger partial charge in [0, 0.05) is 14.1 Å². The monoisotopic (exact) mass is 374 g/mol. The number of nitro groups is 1. The van der Waals surface area contributed by atoms with Crippen LogP contribution in [0.5, 0.6) is 0 Å². The lowest BCUT2D eigenvalue weighted by atomic mass is 10.2. The van der Waals surface area contributed by atoms with E-state index in [9.17, 15) is 14.9 Å². The van der Waals surface area contributed by atoms with Crippen LogP contribution in [0, 0.1) is 17.0 Å². The van der Waals surface area contributed by atoms with Gasteiger partial charge in [0.2, 0.25) is 0 Å². The summed E-state index contributed by atoms with van der Waals surface area (Å²) in [6.07, 6.45) is -0.593. The fourth-order valence-corrected chi connectivity index (χ4v) is 2.65. The van der Waals surface area contributed by atoms with E-state index in [1.54, 1.807) is 13.0 Å². The van der Waals surface area contributed by atoms with E-state index in [4.69, 9.17) is 4.74 Å². The number of hydrogen-bond acceptors (Lipinski definition) is 4. The molecule has 8 heteroatoms. The first-order chi connectivity index (χ1) is 9.60. The number of anilines is 1. The molecule has 0 aliphatic heterocycles. The van der Waals surface area contributed by atoms with Crippen LogP contribution >= 0.6 is 15.9 Å². The highest BCUT2D eigenvalue weighted by Gasteiger charge is 2.17. The summed E-state index contributed by atoms with van der Waals surface area (Å²) in [6, 6.07) is 3.83. The molecule has 0 unspecified atom stereocenters. The Morgan fingerprint density at radius 3 is 2.57 bits per heavy atom. The molecule has 0 atom stereocenters. The van der Waals surface area contributed by atoms with Crippen molar-refractivity contribution in [1.82, 2.24) is 0 Å². The molecular formula is C13H19BrN2O4Si. The van der Waals surface area contributed by atoms with Crippen LogP contribution in [0.4, 0.5) is 16.2 Å². The zero-order valence-electron chi connectivity index (χ0n) is 12.5. The van der Waals surface area contributed by atoms with Gasteiger partial charge in [-0.2, -0.15) is 0 Å². The van der Waals surface area contributed by atoms with Crippen LogP contribution in [0.15, 0.2) is 16.6 Å². The molecule has 1 rings (SSSR count). The molecule has 0 radical (unpaired) electrons. The van der Waals surface area contributed by atoms with E-state index in [0.29, 0.717) is 22.3 Å². The summed E-state index contributed by atoms with van der Waals surface area (Å²) in [5.41, 5.74) is 0.925. The van der Waals surface area contributed by atoms with Crippen molar-refractivity contribution < 1.29 is 14.5 Å². The van der Waals surface area contributed by atoms with E-state index in [1.165, 1.54) is 6.07 Å². The van der Waals surface area contributed by atoms with E-state index in [-0.39, 0.29) is 5.69 Å². The Labute approximate surface area is 133 Å². The summed E-state index contributed by atoms with van der Waals surface area (Å²) in [4.78, 5) is 22.1. The number of nitrogens with zero attached hydrogens (tertiary/aromatic N) is 1. The van der Waals surface area contributed by atoms with Gasteiger partial charge < -0.3 is 4.74 Å². The molecule has 0 fully saturated rings. The Kier molecular flexibility index (Phi) is 5.91. The van der Waals surface area contributed by atoms with Crippen LogP contribution in [0.25, 0.3) is 0 Å². The highest BCUT2D eigenvalue weighted by molar-refractivity contribution is 9.10. The number of benzene rings is 1. The van der Waals surface area contributed by atoms with Crippen molar-refractivity contribution in [3.8, 4) is 0 Å². The lowest BCUT2D eigenvalue weighted by molar-refractivity contribution is -0.385. The Bertz CT molecular complexity index is 558. The summed E-state index contributed by atoms with van der Waals surface area (Å²) in [7, 11) is -1.26. The van der Waals surface area contributed by atoms with Crippen molar-refractivity contribution in [2.75, 3.05) is 11.9 Å². The number of carbonyl (C=O) groups excluding carboxylic acids is 1. The van der Waals surface area contributed by atoms with Gasteiger partial charge in [-0.1, -0.05) is 19.6 Å². The number of carbonyl (C=O) groups is 1. The van der Waals surface area contributed by atoms with Gasteiger partial charge in [0.15, 0.2) is 0 Å². The van der Waals surface area contributed by atoms with Crippen molar-refractivity contribution in [3.05, 3.63) is 32.3 Å². The summed E-state index contributed by atoms with van der Waals surface area (Å²) in [5, 5.41) is 13.5. The third-order valence-electron chi connectivity index (χ3n) is 2.76. The molecule has 1 amide bonds. The first kappa shape index (κ1) is 17.6. The number of aryl methyl sites for hydroxylation is 1. The van der Waals surface area contributed by atoms with Crippen LogP contribution in [-0.4, -0.2) is 25.7 Å². The Balaban J connectivity index is 2.71. The molecule has 0 aromatic heterocycles. The zero-order chi connectivity index (χ0) is 16.2. The van der Waals surface area contributed by atoms with Crippen LogP contribution in [0.3, 0.4) is 0 Å². The van der Waals surface area contributed by atoms with Gasteiger partial charge in [-0.25, -0.2) is 4.79 Å². The van der Waals surface area contributed by atoms with Crippen LogP contribution in [-0.2, 0) is 4.74 Å². The summed E-state index contributed by atoms with van der Waals surface area (Å²) in [6.45, 7) is 8.65. The Hall–Kier alpha value is -1.41. The van der Waals surface area contributed by atoms with Crippen molar-refractivity contribution in [2.24, 2.45) is 0 Å². The minimum Gasteiger partial charge on any atom is -0.450 e. The summed E-state index contributed by atoms with van der Waals surface area (Å²) < 4.78 is 5.50. The molecule has 0 saturated heterocycles.